The zero-order chi connectivity index (χ0) is 22.2. The minimum atomic E-state index is -0.695. The molecule has 0 bridgehead atoms. The van der Waals surface area contributed by atoms with E-state index in [0.29, 0.717) is 37.7 Å². The Hall–Kier alpha value is -3.72. The van der Waals surface area contributed by atoms with Crippen molar-refractivity contribution in [2.75, 3.05) is 13.4 Å². The normalized spacial score (nSPS) is 17.2. The van der Waals surface area contributed by atoms with Gasteiger partial charge in [-0.1, -0.05) is 17.4 Å². The number of aromatic nitrogens is 2. The molecule has 0 spiro atoms. The lowest BCUT2D eigenvalue weighted by Gasteiger charge is -2.24. The fourth-order valence-corrected chi connectivity index (χ4v) is 4.85. The van der Waals surface area contributed by atoms with Gasteiger partial charge in [0.05, 0.1) is 28.5 Å². The molecule has 0 aliphatic carbocycles. The molecular formula is C23H19N3O5S. The molecule has 2 aliphatic rings. The average molecular weight is 449 g/mol. The van der Waals surface area contributed by atoms with Crippen LogP contribution in [0, 0.1) is 0 Å². The molecule has 0 amide bonds. The molecule has 2 aliphatic heterocycles. The summed E-state index contributed by atoms with van der Waals surface area (Å²) >= 11 is 1.28. The van der Waals surface area contributed by atoms with Crippen molar-refractivity contribution in [1.82, 2.24) is 9.55 Å². The molecule has 1 aromatic carbocycles. The molecular weight excluding hydrogens is 430 g/mol. The molecule has 9 heteroatoms. The van der Waals surface area contributed by atoms with Crippen LogP contribution in [0.2, 0.25) is 0 Å². The number of thiazole rings is 1. The minimum absolute atomic E-state index is 0.132. The summed E-state index contributed by atoms with van der Waals surface area (Å²) in [6.45, 7) is 3.85. The van der Waals surface area contributed by atoms with Gasteiger partial charge < -0.3 is 14.2 Å². The van der Waals surface area contributed by atoms with E-state index in [9.17, 15) is 9.59 Å². The molecule has 0 unspecified atom stereocenters. The van der Waals surface area contributed by atoms with Gasteiger partial charge in [-0.15, -0.1) is 0 Å². The Labute approximate surface area is 186 Å². The summed E-state index contributed by atoms with van der Waals surface area (Å²) in [5.74, 6) is 0.691. The van der Waals surface area contributed by atoms with E-state index in [2.05, 4.69) is 9.98 Å². The second kappa shape index (κ2) is 8.08. The number of hydrogen-bond donors (Lipinski definition) is 0. The molecule has 0 saturated carbocycles. The average Bonchev–Trinajstić information content (AvgIpc) is 3.37. The SMILES string of the molecule is CCOC(=O)C1=C(C)N=c2s/c(=C\c3ccncc3)c(=O)n2[C@H]1c1ccc2c(c1)OCO2. The summed E-state index contributed by atoms with van der Waals surface area (Å²) in [6, 6.07) is 8.36. The van der Waals surface area contributed by atoms with Crippen LogP contribution in [-0.2, 0) is 9.53 Å². The second-order valence-electron chi connectivity index (χ2n) is 7.20. The Bertz CT molecular complexity index is 1420. The van der Waals surface area contributed by atoms with Crippen LogP contribution in [0.1, 0.15) is 31.0 Å². The zero-order valence-electron chi connectivity index (χ0n) is 17.4. The third-order valence-corrected chi connectivity index (χ3v) is 6.22. The molecule has 3 aromatic rings. The Morgan fingerprint density at radius 3 is 2.81 bits per heavy atom. The highest BCUT2D eigenvalue weighted by atomic mass is 32.1. The van der Waals surface area contributed by atoms with Gasteiger partial charge in [-0.3, -0.25) is 14.3 Å². The Balaban J connectivity index is 1.73. The summed E-state index contributed by atoms with van der Waals surface area (Å²) < 4.78 is 18.3. The largest absolute Gasteiger partial charge is 0.463 e. The van der Waals surface area contributed by atoms with Crippen molar-refractivity contribution in [2.45, 2.75) is 19.9 Å². The first-order valence-corrected chi connectivity index (χ1v) is 10.9. The number of ether oxygens (including phenoxy) is 3. The highest BCUT2D eigenvalue weighted by Gasteiger charge is 2.34. The van der Waals surface area contributed by atoms with Crippen molar-refractivity contribution in [1.29, 1.82) is 0 Å². The first-order chi connectivity index (χ1) is 15.6. The monoisotopic (exact) mass is 449 g/mol. The standard InChI is InChI=1S/C23H19N3O5S/c1-3-29-22(28)19-13(2)25-23-26(20(19)15-4-5-16-17(11-15)31-12-30-16)21(27)18(32-23)10-14-6-8-24-9-7-14/h4-11,20H,3,12H2,1-2H3/b18-10-/t20-/m0/s1. The van der Waals surface area contributed by atoms with Gasteiger partial charge in [-0.05, 0) is 55.3 Å². The van der Waals surface area contributed by atoms with Gasteiger partial charge in [0.2, 0.25) is 6.79 Å². The van der Waals surface area contributed by atoms with E-state index in [1.807, 2.05) is 18.2 Å². The van der Waals surface area contributed by atoms with E-state index in [4.69, 9.17) is 14.2 Å². The van der Waals surface area contributed by atoms with Gasteiger partial charge in [0, 0.05) is 12.4 Å². The number of nitrogens with zero attached hydrogens (tertiary/aromatic N) is 3. The van der Waals surface area contributed by atoms with Crippen LogP contribution in [0.4, 0.5) is 0 Å². The summed E-state index contributed by atoms with van der Waals surface area (Å²) in [7, 11) is 0. The molecule has 1 atom stereocenters. The third kappa shape index (κ3) is 3.40. The van der Waals surface area contributed by atoms with E-state index in [1.165, 1.54) is 11.3 Å². The predicted molar refractivity (Wildman–Crippen MR) is 117 cm³/mol. The molecule has 5 rings (SSSR count). The fraction of sp³-hybridized carbons (Fsp3) is 0.217. The quantitative estimate of drug-likeness (QED) is 0.565. The van der Waals surface area contributed by atoms with Crippen LogP contribution in [0.25, 0.3) is 6.08 Å². The van der Waals surface area contributed by atoms with E-state index < -0.39 is 12.0 Å². The van der Waals surface area contributed by atoms with Gasteiger partial charge in [0.15, 0.2) is 16.3 Å². The van der Waals surface area contributed by atoms with Gasteiger partial charge in [-0.25, -0.2) is 9.79 Å². The summed E-state index contributed by atoms with van der Waals surface area (Å²) in [5.41, 5.74) is 2.17. The highest BCUT2D eigenvalue weighted by Crippen LogP contribution is 2.38. The van der Waals surface area contributed by atoms with Crippen LogP contribution in [0.3, 0.4) is 0 Å². The van der Waals surface area contributed by atoms with E-state index in [-0.39, 0.29) is 19.0 Å². The molecule has 0 radical (unpaired) electrons. The molecule has 8 nitrogen and oxygen atoms in total. The molecule has 32 heavy (non-hydrogen) atoms. The van der Waals surface area contributed by atoms with Gasteiger partial charge >= 0.3 is 5.97 Å². The lowest BCUT2D eigenvalue weighted by molar-refractivity contribution is -0.139. The summed E-state index contributed by atoms with van der Waals surface area (Å²) in [5, 5.41) is 0. The first-order valence-electron chi connectivity index (χ1n) is 10.1. The topological polar surface area (TPSA) is 92.0 Å². The lowest BCUT2D eigenvalue weighted by atomic mass is 9.95. The maximum atomic E-state index is 13.5. The molecule has 4 heterocycles. The van der Waals surface area contributed by atoms with Crippen molar-refractivity contribution in [3.05, 3.63) is 84.8 Å². The summed E-state index contributed by atoms with van der Waals surface area (Å²) in [4.78, 5) is 35.5. The van der Waals surface area contributed by atoms with Crippen molar-refractivity contribution in [2.24, 2.45) is 4.99 Å². The number of allylic oxidation sites excluding steroid dienone is 1. The van der Waals surface area contributed by atoms with Crippen LogP contribution in [0.15, 0.2) is 63.8 Å². The van der Waals surface area contributed by atoms with Crippen LogP contribution < -0.4 is 24.4 Å². The summed E-state index contributed by atoms with van der Waals surface area (Å²) in [6.07, 6.45) is 5.13. The van der Waals surface area contributed by atoms with Gasteiger partial charge in [-0.2, -0.15) is 0 Å². The number of rotatable bonds is 4. The van der Waals surface area contributed by atoms with Gasteiger partial charge in [0.25, 0.3) is 5.56 Å². The highest BCUT2D eigenvalue weighted by molar-refractivity contribution is 7.07. The fourth-order valence-electron chi connectivity index (χ4n) is 3.80. The van der Waals surface area contributed by atoms with E-state index in [1.54, 1.807) is 49.0 Å². The number of carbonyl (C=O) groups excluding carboxylic acids is 1. The molecule has 162 valence electrons. The molecule has 2 aromatic heterocycles. The number of carbonyl (C=O) groups is 1. The number of esters is 1. The molecule has 0 fully saturated rings. The molecule has 0 N–H and O–H groups in total. The first kappa shape index (κ1) is 20.2. The van der Waals surface area contributed by atoms with Crippen molar-refractivity contribution in [3.8, 4) is 11.5 Å². The predicted octanol–water partition coefficient (Wildman–Crippen LogP) is 1.92. The Morgan fingerprint density at radius 1 is 1.25 bits per heavy atom. The minimum Gasteiger partial charge on any atom is -0.463 e. The van der Waals surface area contributed by atoms with E-state index in [0.717, 1.165) is 5.56 Å². The van der Waals surface area contributed by atoms with Crippen molar-refractivity contribution < 1.29 is 19.0 Å². The van der Waals surface area contributed by atoms with Crippen molar-refractivity contribution in [3.63, 3.8) is 0 Å². The number of pyridine rings is 1. The number of benzene rings is 1. The number of fused-ring (bicyclic) bond motifs is 2. The maximum absolute atomic E-state index is 13.5. The zero-order valence-corrected chi connectivity index (χ0v) is 18.2. The lowest BCUT2D eigenvalue weighted by Crippen LogP contribution is -2.39. The Morgan fingerprint density at radius 2 is 2.03 bits per heavy atom. The van der Waals surface area contributed by atoms with Crippen LogP contribution in [-0.4, -0.2) is 28.9 Å². The maximum Gasteiger partial charge on any atom is 0.338 e. The Kier molecular flexibility index (Phi) is 5.10. The van der Waals surface area contributed by atoms with Crippen molar-refractivity contribution >= 4 is 23.4 Å². The smallest absolute Gasteiger partial charge is 0.338 e. The van der Waals surface area contributed by atoms with E-state index >= 15 is 0 Å². The third-order valence-electron chi connectivity index (χ3n) is 5.23. The molecule has 0 saturated heterocycles. The second-order valence-corrected chi connectivity index (χ2v) is 8.20. The van der Waals surface area contributed by atoms with Crippen LogP contribution in [0.5, 0.6) is 11.5 Å². The van der Waals surface area contributed by atoms with Gasteiger partial charge in [0.1, 0.15) is 0 Å². The van der Waals surface area contributed by atoms with Crippen LogP contribution >= 0.6 is 11.3 Å². The number of hydrogen-bond acceptors (Lipinski definition) is 8.